The van der Waals surface area contributed by atoms with Gasteiger partial charge in [-0.05, 0) is 12.1 Å². The number of sulfonamides is 2. The van der Waals surface area contributed by atoms with E-state index in [0.717, 1.165) is 19.2 Å². The normalized spacial score (nSPS) is 12.4. The maximum absolute atomic E-state index is 11.3. The third-order valence-corrected chi connectivity index (χ3v) is 3.91. The number of methoxy groups -OCH3 is 1. The number of hydrogen-bond acceptors (Lipinski definition) is 5. The number of hydrogen-bond donors (Lipinski definition) is 2. The first-order chi connectivity index (χ1) is 8.11. The Bertz CT molecular complexity index is 665. The van der Waals surface area contributed by atoms with Crippen LogP contribution in [0.3, 0.4) is 0 Å². The van der Waals surface area contributed by atoms with Crippen LogP contribution in [0.1, 0.15) is 5.56 Å². The summed E-state index contributed by atoms with van der Waals surface area (Å²) < 4.78 is 49.8. The first-order valence-corrected chi connectivity index (χ1v) is 7.55. The summed E-state index contributed by atoms with van der Waals surface area (Å²) in [6.45, 7) is -0.880. The van der Waals surface area contributed by atoms with Crippen LogP contribution in [0.15, 0.2) is 21.9 Å². The zero-order valence-corrected chi connectivity index (χ0v) is 10.9. The predicted octanol–water partition coefficient (Wildman–Crippen LogP) is -1.08. The molecule has 0 fully saturated rings. The first kappa shape index (κ1) is 14.9. The van der Waals surface area contributed by atoms with E-state index in [1.807, 2.05) is 0 Å². The lowest BCUT2D eigenvalue weighted by Gasteiger charge is -2.12. The summed E-state index contributed by atoms with van der Waals surface area (Å²) in [4.78, 5) is -1.11. The van der Waals surface area contributed by atoms with Gasteiger partial charge in [-0.2, -0.15) is 0 Å². The molecule has 1 aromatic rings. The van der Waals surface area contributed by atoms with Gasteiger partial charge in [0.1, 0.15) is 17.3 Å². The van der Waals surface area contributed by atoms with Crippen LogP contribution < -0.4 is 15.0 Å². The topological polar surface area (TPSA) is 149 Å². The zero-order valence-electron chi connectivity index (χ0n) is 9.28. The summed E-state index contributed by atoms with van der Waals surface area (Å²) >= 11 is 0. The lowest BCUT2D eigenvalue weighted by atomic mass is 10.2. The number of benzene rings is 1. The smallest absolute Gasteiger partial charge is 0.241 e. The lowest BCUT2D eigenvalue weighted by Crippen LogP contribution is -2.18. The van der Waals surface area contributed by atoms with Crippen molar-refractivity contribution in [2.75, 3.05) is 7.11 Å². The van der Waals surface area contributed by atoms with E-state index < -0.39 is 36.4 Å². The molecule has 10 heteroatoms. The predicted molar refractivity (Wildman–Crippen MR) is 60.1 cm³/mol. The van der Waals surface area contributed by atoms with Gasteiger partial charge in [-0.3, -0.25) is 0 Å². The van der Waals surface area contributed by atoms with Crippen molar-refractivity contribution in [2.24, 2.45) is 10.3 Å². The van der Waals surface area contributed by atoms with Crippen molar-refractivity contribution in [3.8, 4) is 5.75 Å². The van der Waals surface area contributed by atoms with Gasteiger partial charge in [-0.25, -0.2) is 32.2 Å². The fourth-order valence-electron chi connectivity index (χ4n) is 1.35. The van der Waals surface area contributed by atoms with Gasteiger partial charge < -0.3 is 4.74 Å². The standard InChI is InChI=1S/C8H11N2O6S2/c1-16-8-5(4-11)2-6(17(9,12)13)3-7(8)18(10,14)15/h2-3H,4H2,1H3,(H2,9,12,13)(H2,10,14,15). The molecular weight excluding hydrogens is 284 g/mol. The molecule has 0 saturated carbocycles. The van der Waals surface area contributed by atoms with Crippen molar-refractivity contribution in [1.82, 2.24) is 0 Å². The van der Waals surface area contributed by atoms with Crippen LogP contribution in [-0.4, -0.2) is 23.9 Å². The average molecular weight is 295 g/mol. The highest BCUT2D eigenvalue weighted by Gasteiger charge is 2.23. The van der Waals surface area contributed by atoms with Crippen LogP contribution in [0.5, 0.6) is 5.75 Å². The molecule has 0 amide bonds. The largest absolute Gasteiger partial charge is 0.495 e. The van der Waals surface area contributed by atoms with Gasteiger partial charge in [0.25, 0.3) is 0 Å². The minimum Gasteiger partial charge on any atom is -0.495 e. The minimum atomic E-state index is -4.24. The molecule has 0 aromatic heterocycles. The molecule has 101 valence electrons. The summed E-state index contributed by atoms with van der Waals surface area (Å²) in [7, 11) is -7.26. The molecule has 1 rings (SSSR count). The molecule has 0 spiro atoms. The molecule has 0 saturated heterocycles. The van der Waals surface area contributed by atoms with Gasteiger partial charge in [0, 0.05) is 5.56 Å². The molecule has 0 aliphatic carbocycles. The molecule has 0 aliphatic rings. The van der Waals surface area contributed by atoms with E-state index >= 15 is 0 Å². The van der Waals surface area contributed by atoms with Crippen LogP contribution in [0.4, 0.5) is 0 Å². The third kappa shape index (κ3) is 2.97. The zero-order chi connectivity index (χ0) is 14.1. The molecule has 0 heterocycles. The lowest BCUT2D eigenvalue weighted by molar-refractivity contribution is 0.173. The van der Waals surface area contributed by atoms with Gasteiger partial charge in [0.2, 0.25) is 20.0 Å². The summed E-state index contributed by atoms with van der Waals surface area (Å²) in [6.07, 6.45) is 0. The fraction of sp³-hybridized carbons (Fsp3) is 0.250. The molecule has 0 aliphatic heterocycles. The van der Waals surface area contributed by atoms with Gasteiger partial charge in [-0.15, -0.1) is 0 Å². The molecule has 0 unspecified atom stereocenters. The Balaban J connectivity index is 3.79. The Hall–Kier alpha value is -1.20. The van der Waals surface area contributed by atoms with E-state index in [2.05, 4.69) is 0 Å². The minimum absolute atomic E-state index is 0.159. The molecule has 0 atom stereocenters. The van der Waals surface area contributed by atoms with Crippen LogP contribution in [0, 0.1) is 0 Å². The summed E-state index contributed by atoms with van der Waals surface area (Å²) in [5.74, 6) is -0.278. The quantitative estimate of drug-likeness (QED) is 0.724. The Labute approximate surface area is 104 Å². The van der Waals surface area contributed by atoms with Crippen LogP contribution >= 0.6 is 0 Å². The van der Waals surface area contributed by atoms with E-state index in [0.29, 0.717) is 0 Å². The molecule has 1 radical (unpaired) electrons. The maximum Gasteiger partial charge on any atom is 0.241 e. The first-order valence-electron chi connectivity index (χ1n) is 4.46. The summed E-state index contributed by atoms with van der Waals surface area (Å²) in [6, 6.07) is 1.71. The van der Waals surface area contributed by atoms with E-state index in [-0.39, 0.29) is 11.3 Å². The van der Waals surface area contributed by atoms with Crippen molar-refractivity contribution < 1.29 is 26.7 Å². The SMILES string of the molecule is COc1c(C[O])cc(S(N)(=O)=O)cc1S(N)(=O)=O. The second-order valence-electron chi connectivity index (χ2n) is 3.35. The van der Waals surface area contributed by atoms with Crippen LogP contribution in [-0.2, 0) is 31.8 Å². The summed E-state index contributed by atoms with van der Waals surface area (Å²) in [5.41, 5.74) is -0.159. The van der Waals surface area contributed by atoms with E-state index in [9.17, 15) is 21.9 Å². The Morgan fingerprint density at radius 1 is 1.11 bits per heavy atom. The van der Waals surface area contributed by atoms with Crippen molar-refractivity contribution in [2.45, 2.75) is 16.4 Å². The van der Waals surface area contributed by atoms with Crippen LogP contribution in [0.2, 0.25) is 0 Å². The average Bonchev–Trinajstić information content (AvgIpc) is 2.24. The molecule has 1 aromatic carbocycles. The number of nitrogens with two attached hydrogens (primary N) is 2. The second-order valence-corrected chi connectivity index (χ2v) is 6.44. The van der Waals surface area contributed by atoms with Crippen molar-refractivity contribution in [3.63, 3.8) is 0 Å². The molecule has 18 heavy (non-hydrogen) atoms. The Morgan fingerprint density at radius 2 is 1.67 bits per heavy atom. The van der Waals surface area contributed by atoms with E-state index in [1.54, 1.807) is 0 Å². The molecule has 0 bridgehead atoms. The highest BCUT2D eigenvalue weighted by molar-refractivity contribution is 7.90. The van der Waals surface area contributed by atoms with E-state index in [1.165, 1.54) is 0 Å². The van der Waals surface area contributed by atoms with E-state index in [4.69, 9.17) is 15.0 Å². The highest BCUT2D eigenvalue weighted by Crippen LogP contribution is 2.30. The molecule has 4 N–H and O–H groups in total. The Morgan fingerprint density at radius 3 is 2.00 bits per heavy atom. The van der Waals surface area contributed by atoms with Gasteiger partial charge in [0.15, 0.2) is 0 Å². The number of ether oxygens (including phenoxy) is 1. The van der Waals surface area contributed by atoms with Crippen molar-refractivity contribution in [1.29, 1.82) is 0 Å². The highest BCUT2D eigenvalue weighted by atomic mass is 32.2. The van der Waals surface area contributed by atoms with Gasteiger partial charge >= 0.3 is 0 Å². The maximum atomic E-state index is 11.3. The second kappa shape index (κ2) is 4.82. The van der Waals surface area contributed by atoms with Crippen molar-refractivity contribution >= 4 is 20.0 Å². The number of primary sulfonamides is 2. The van der Waals surface area contributed by atoms with Crippen LogP contribution in [0.25, 0.3) is 0 Å². The monoisotopic (exact) mass is 295 g/mol. The Kier molecular flexibility index (Phi) is 3.98. The molecular formula is C8H11N2O6S2. The number of rotatable bonds is 4. The molecule has 8 nitrogen and oxygen atoms in total. The summed E-state index contributed by atoms with van der Waals surface area (Å²) in [5, 5.41) is 20.7. The third-order valence-electron chi connectivity index (χ3n) is 2.10. The fourth-order valence-corrected chi connectivity index (χ4v) is 2.77. The van der Waals surface area contributed by atoms with Gasteiger partial charge in [-0.1, -0.05) is 0 Å². The van der Waals surface area contributed by atoms with Gasteiger partial charge in [0.05, 0.1) is 12.0 Å². The van der Waals surface area contributed by atoms with Crippen molar-refractivity contribution in [3.05, 3.63) is 17.7 Å².